The number of ether oxygens (including phenoxy) is 2. The number of hydrogen-bond donors (Lipinski definition) is 4. The third-order valence-electron chi connectivity index (χ3n) is 7.94. The summed E-state index contributed by atoms with van der Waals surface area (Å²) >= 11 is 0. The van der Waals surface area contributed by atoms with Gasteiger partial charge in [-0.3, -0.25) is 4.79 Å². The summed E-state index contributed by atoms with van der Waals surface area (Å²) in [5, 5.41) is 17.3. The summed E-state index contributed by atoms with van der Waals surface area (Å²) in [7, 11) is 1.35. The third kappa shape index (κ3) is 4.31. The minimum absolute atomic E-state index is 0.00474. The molecule has 42 heavy (non-hydrogen) atoms. The van der Waals surface area contributed by atoms with Crippen LogP contribution < -0.4 is 26.7 Å². The van der Waals surface area contributed by atoms with Crippen molar-refractivity contribution >= 4 is 28.6 Å². The van der Waals surface area contributed by atoms with Crippen LogP contribution in [-0.2, 0) is 41.4 Å². The molecule has 11 nitrogen and oxygen atoms in total. The van der Waals surface area contributed by atoms with Crippen molar-refractivity contribution in [1.82, 2.24) is 20.2 Å². The predicted octanol–water partition coefficient (Wildman–Crippen LogP) is 2.81. The number of nitrogen functional groups attached to an aromatic ring is 1. The van der Waals surface area contributed by atoms with Gasteiger partial charge in [-0.25, -0.2) is 19.0 Å². The molecule has 6 rings (SSSR count). The number of pyridine rings is 2. The summed E-state index contributed by atoms with van der Waals surface area (Å²) in [6, 6.07) is 11.0. The molecule has 0 spiro atoms. The number of methoxy groups -OCH3 is 1. The minimum atomic E-state index is -1.98. The second-order valence-electron chi connectivity index (χ2n) is 10.3. The van der Waals surface area contributed by atoms with E-state index < -0.39 is 29.0 Å². The third-order valence-corrected chi connectivity index (χ3v) is 7.94. The fourth-order valence-corrected chi connectivity index (χ4v) is 5.57. The van der Waals surface area contributed by atoms with Gasteiger partial charge in [0.2, 0.25) is 0 Å². The summed E-state index contributed by atoms with van der Waals surface area (Å²) in [4.78, 5) is 43.6. The summed E-state index contributed by atoms with van der Waals surface area (Å²) < 4.78 is 26.6. The molecule has 0 aliphatic carbocycles. The van der Waals surface area contributed by atoms with E-state index in [9.17, 15) is 23.9 Å². The lowest BCUT2D eigenvalue weighted by molar-refractivity contribution is -0.172. The summed E-state index contributed by atoms with van der Waals surface area (Å²) in [5.74, 6) is -1.44. The monoisotopic (exact) mass is 573 g/mol. The maximum absolute atomic E-state index is 14.8. The number of amides is 2. The first-order valence-electron chi connectivity index (χ1n) is 13.4. The fraction of sp³-hybridized carbons (Fsp3) is 0.267. The number of halogens is 1. The van der Waals surface area contributed by atoms with Crippen molar-refractivity contribution in [3.8, 4) is 17.1 Å². The number of anilines is 1. The Bertz CT molecular complexity index is 1840. The number of nitrogens with one attached hydrogen (secondary N) is 2. The van der Waals surface area contributed by atoms with Crippen molar-refractivity contribution < 1.29 is 28.6 Å². The molecular formula is C30H28FN5O6. The normalized spacial score (nSPS) is 16.8. The van der Waals surface area contributed by atoms with Crippen LogP contribution in [0.5, 0.6) is 5.75 Å². The van der Waals surface area contributed by atoms with Gasteiger partial charge in [-0.1, -0.05) is 19.1 Å². The molecule has 0 fully saturated rings. The van der Waals surface area contributed by atoms with Crippen LogP contribution in [0.3, 0.4) is 0 Å². The number of aromatic nitrogens is 2. The van der Waals surface area contributed by atoms with Crippen molar-refractivity contribution in [2.45, 2.75) is 45.2 Å². The van der Waals surface area contributed by atoms with Crippen molar-refractivity contribution in [2.24, 2.45) is 0 Å². The molecule has 2 aliphatic heterocycles. The number of hydrogen-bond acceptors (Lipinski definition) is 8. The summed E-state index contributed by atoms with van der Waals surface area (Å²) in [6.07, 6.45) is 0.00534. The maximum atomic E-state index is 14.8. The van der Waals surface area contributed by atoms with Crippen LogP contribution in [0.1, 0.15) is 41.2 Å². The highest BCUT2D eigenvalue weighted by atomic mass is 19.1. The highest BCUT2D eigenvalue weighted by Gasteiger charge is 2.45. The van der Waals surface area contributed by atoms with Crippen LogP contribution in [0.15, 0.2) is 47.3 Å². The number of urea groups is 1. The topological polar surface area (TPSA) is 158 Å². The Kier molecular flexibility index (Phi) is 6.57. The molecule has 216 valence electrons. The molecule has 2 amide bonds. The van der Waals surface area contributed by atoms with Crippen LogP contribution in [-0.4, -0.2) is 33.8 Å². The van der Waals surface area contributed by atoms with E-state index in [2.05, 4.69) is 10.6 Å². The number of carbonyl (C=O) groups is 2. The number of carbonyl (C=O) groups excluding carboxylic acids is 2. The average molecular weight is 574 g/mol. The lowest BCUT2D eigenvalue weighted by atomic mass is 9.86. The predicted molar refractivity (Wildman–Crippen MR) is 151 cm³/mol. The molecule has 2 aliphatic rings. The van der Waals surface area contributed by atoms with Crippen LogP contribution in [0.25, 0.3) is 22.3 Å². The van der Waals surface area contributed by atoms with E-state index in [1.165, 1.54) is 23.8 Å². The van der Waals surface area contributed by atoms with E-state index in [0.717, 1.165) is 5.56 Å². The zero-order valence-electron chi connectivity index (χ0n) is 22.9. The lowest BCUT2D eigenvalue weighted by Gasteiger charge is -2.31. The number of rotatable bonds is 6. The Hall–Kier alpha value is -4.97. The first-order chi connectivity index (χ1) is 20.1. The number of esters is 1. The quantitative estimate of drug-likeness (QED) is 0.178. The highest BCUT2D eigenvalue weighted by Crippen LogP contribution is 2.41. The van der Waals surface area contributed by atoms with Gasteiger partial charge in [-0.05, 0) is 41.8 Å². The molecule has 5 N–H and O–H groups in total. The van der Waals surface area contributed by atoms with Crippen LogP contribution in [0, 0.1) is 5.82 Å². The number of nitrogens with zero attached hydrogens (tertiary/aromatic N) is 2. The van der Waals surface area contributed by atoms with Crippen LogP contribution >= 0.6 is 0 Å². The van der Waals surface area contributed by atoms with Crippen molar-refractivity contribution in [1.29, 1.82) is 0 Å². The number of benzene rings is 2. The molecule has 0 bridgehead atoms. The molecular weight excluding hydrogens is 545 g/mol. The molecule has 2 aromatic carbocycles. The lowest BCUT2D eigenvalue weighted by Crippen LogP contribution is -2.44. The van der Waals surface area contributed by atoms with Gasteiger partial charge in [-0.15, -0.1) is 0 Å². The molecule has 4 heterocycles. The molecule has 0 radical (unpaired) electrons. The van der Waals surface area contributed by atoms with Gasteiger partial charge in [0.15, 0.2) is 17.2 Å². The van der Waals surface area contributed by atoms with Gasteiger partial charge >= 0.3 is 12.0 Å². The van der Waals surface area contributed by atoms with E-state index >= 15 is 0 Å². The van der Waals surface area contributed by atoms with E-state index in [1.54, 1.807) is 25.1 Å². The van der Waals surface area contributed by atoms with E-state index in [0.29, 0.717) is 33.6 Å². The molecule has 0 unspecified atom stereocenters. The van der Waals surface area contributed by atoms with E-state index in [4.69, 9.17) is 20.2 Å². The Balaban J connectivity index is 1.42. The van der Waals surface area contributed by atoms with Gasteiger partial charge in [0, 0.05) is 41.4 Å². The van der Waals surface area contributed by atoms with Crippen molar-refractivity contribution in [3.63, 3.8) is 0 Å². The van der Waals surface area contributed by atoms with Gasteiger partial charge in [0.05, 0.1) is 36.1 Å². The minimum Gasteiger partial charge on any atom is -0.494 e. The van der Waals surface area contributed by atoms with Crippen molar-refractivity contribution in [2.75, 3.05) is 12.8 Å². The van der Waals surface area contributed by atoms with Crippen LogP contribution in [0.2, 0.25) is 0 Å². The first-order valence-corrected chi connectivity index (χ1v) is 13.4. The number of fused-ring (bicyclic) bond motifs is 5. The van der Waals surface area contributed by atoms with Gasteiger partial charge in [0.25, 0.3) is 5.56 Å². The summed E-state index contributed by atoms with van der Waals surface area (Å²) in [5.41, 5.74) is 7.49. The Morgan fingerprint density at radius 1 is 1.17 bits per heavy atom. The second kappa shape index (κ2) is 10.1. The van der Waals surface area contributed by atoms with E-state index in [-0.39, 0.29) is 55.1 Å². The zero-order valence-corrected chi connectivity index (χ0v) is 22.9. The molecule has 1 atom stereocenters. The fourth-order valence-electron chi connectivity index (χ4n) is 5.57. The Labute approximate surface area is 239 Å². The van der Waals surface area contributed by atoms with Crippen LogP contribution in [0.4, 0.5) is 14.9 Å². The SMILES string of the molecule is CC[C@@]1(O)C(=O)OCc2c1cc1n(c2=O)Cc2c-1nc1cc(F)c(OC)cc1c2CNC(=O)NCc1ccc(N)cc1. The Morgan fingerprint density at radius 3 is 2.62 bits per heavy atom. The number of nitrogens with two attached hydrogens (primary N) is 1. The smallest absolute Gasteiger partial charge is 0.343 e. The maximum Gasteiger partial charge on any atom is 0.343 e. The Morgan fingerprint density at radius 2 is 1.90 bits per heavy atom. The molecule has 2 aromatic heterocycles. The first kappa shape index (κ1) is 27.2. The molecule has 12 heteroatoms. The zero-order chi connectivity index (χ0) is 29.8. The van der Waals surface area contributed by atoms with Gasteiger partial charge in [0.1, 0.15) is 6.61 Å². The molecule has 0 saturated carbocycles. The van der Waals surface area contributed by atoms with Gasteiger partial charge < -0.3 is 35.5 Å². The highest BCUT2D eigenvalue weighted by molar-refractivity contribution is 5.90. The average Bonchev–Trinajstić information content (AvgIpc) is 3.35. The van der Waals surface area contributed by atoms with Crippen molar-refractivity contribution in [3.05, 3.63) is 86.5 Å². The largest absolute Gasteiger partial charge is 0.494 e. The van der Waals surface area contributed by atoms with Gasteiger partial charge in [-0.2, -0.15) is 0 Å². The molecule has 4 aromatic rings. The summed E-state index contributed by atoms with van der Waals surface area (Å²) in [6.45, 7) is 1.79. The molecule has 0 saturated heterocycles. The number of aliphatic hydroxyl groups is 1. The number of cyclic esters (lactones) is 1. The van der Waals surface area contributed by atoms with E-state index in [1.807, 2.05) is 12.1 Å². The standard InChI is InChI=1S/C30H28FN5O6/c1-3-30(40)21-9-24-26-19(13-36(24)27(37)20(21)14-42-28(30)38)18(17-8-25(41-2)22(31)10-23(17)35-26)12-34-29(39)33-11-15-4-6-16(32)7-5-15/h4-10,40H,3,11-14,32H2,1-2H3,(H2,33,34,39)/t30-/m0/s1. The second-order valence-corrected chi connectivity index (χ2v) is 10.3.